The molecular weight excluding hydrogens is 599 g/mol. The van der Waals surface area contributed by atoms with Crippen molar-refractivity contribution in [1.82, 2.24) is 5.01 Å². The van der Waals surface area contributed by atoms with Crippen molar-refractivity contribution >= 4 is 72.8 Å². The molecule has 172 valence electrons. The highest BCUT2D eigenvalue weighted by Gasteiger charge is 2.44. The molecule has 3 aromatic rings. The summed E-state index contributed by atoms with van der Waals surface area (Å²) in [5, 5.41) is 7.39. The molecule has 2 aliphatic rings. The van der Waals surface area contributed by atoms with Crippen molar-refractivity contribution in [2.75, 3.05) is 0 Å². The van der Waals surface area contributed by atoms with E-state index < -0.39 is 0 Å². The van der Waals surface area contributed by atoms with Crippen LogP contribution in [-0.2, 0) is 0 Å². The number of rotatable bonds is 3. The molecule has 1 aliphatic heterocycles. The van der Waals surface area contributed by atoms with Gasteiger partial charge in [-0.25, -0.2) is 5.01 Å². The van der Waals surface area contributed by atoms with Gasteiger partial charge in [-0.3, -0.25) is 4.79 Å². The van der Waals surface area contributed by atoms with Crippen molar-refractivity contribution in [2.45, 2.75) is 25.3 Å². The standard InChI is InChI=1S/C27H20Br2Cl2N2O/c28-19-8-4-16(5-9-19)14-18-2-1-3-23-25(18)32-33(26(23)17-6-10-20(29)11-7-17)27(34)22-13-12-21(30)15-24(22)31/h4-15,23,26H,1-3H2. The maximum Gasteiger partial charge on any atom is 0.276 e. The highest BCUT2D eigenvalue weighted by Crippen LogP contribution is 2.45. The van der Waals surface area contributed by atoms with Gasteiger partial charge in [0.05, 0.1) is 22.3 Å². The third-order valence-electron chi connectivity index (χ3n) is 6.29. The Balaban J connectivity index is 1.59. The van der Waals surface area contributed by atoms with Gasteiger partial charge in [0.25, 0.3) is 5.91 Å². The number of amides is 1. The molecule has 0 aromatic heterocycles. The molecule has 3 aromatic carbocycles. The third kappa shape index (κ3) is 4.76. The molecule has 3 nitrogen and oxygen atoms in total. The largest absolute Gasteiger partial charge is 0.276 e. The Bertz CT molecular complexity index is 1300. The van der Waals surface area contributed by atoms with Crippen LogP contribution in [0.25, 0.3) is 6.08 Å². The van der Waals surface area contributed by atoms with Gasteiger partial charge in [-0.2, -0.15) is 5.10 Å². The molecule has 2 unspecified atom stereocenters. The van der Waals surface area contributed by atoms with Gasteiger partial charge in [0.15, 0.2) is 0 Å². The topological polar surface area (TPSA) is 32.7 Å². The van der Waals surface area contributed by atoms with E-state index in [1.807, 2.05) is 24.3 Å². The second kappa shape index (κ2) is 9.98. The van der Waals surface area contributed by atoms with Crippen LogP contribution in [0.2, 0.25) is 10.0 Å². The molecule has 5 rings (SSSR count). The summed E-state index contributed by atoms with van der Waals surface area (Å²) >= 11 is 19.5. The minimum atomic E-state index is -0.223. The summed E-state index contributed by atoms with van der Waals surface area (Å²) in [6, 6.07) is 21.1. The van der Waals surface area contributed by atoms with Crippen molar-refractivity contribution in [1.29, 1.82) is 0 Å². The first-order valence-electron chi connectivity index (χ1n) is 11.0. The smallest absolute Gasteiger partial charge is 0.267 e. The molecule has 0 bridgehead atoms. The Morgan fingerprint density at radius 2 is 1.65 bits per heavy atom. The zero-order chi connectivity index (χ0) is 23.8. The Morgan fingerprint density at radius 1 is 0.971 bits per heavy atom. The Morgan fingerprint density at radius 3 is 2.32 bits per heavy atom. The minimum absolute atomic E-state index is 0.117. The van der Waals surface area contributed by atoms with E-state index in [1.165, 1.54) is 5.57 Å². The highest BCUT2D eigenvalue weighted by molar-refractivity contribution is 9.10. The van der Waals surface area contributed by atoms with E-state index in [2.05, 4.69) is 62.2 Å². The molecule has 0 spiro atoms. The summed E-state index contributed by atoms with van der Waals surface area (Å²) in [5.41, 5.74) is 4.73. The maximum absolute atomic E-state index is 13.7. The summed E-state index contributed by atoms with van der Waals surface area (Å²) in [4.78, 5) is 13.7. The van der Waals surface area contributed by atoms with Gasteiger partial charge in [0.1, 0.15) is 0 Å². The predicted molar refractivity (Wildman–Crippen MR) is 146 cm³/mol. The van der Waals surface area contributed by atoms with Crippen LogP contribution < -0.4 is 0 Å². The summed E-state index contributed by atoms with van der Waals surface area (Å²) < 4.78 is 2.04. The van der Waals surface area contributed by atoms with Crippen LogP contribution in [0.3, 0.4) is 0 Å². The average molecular weight is 619 g/mol. The monoisotopic (exact) mass is 616 g/mol. The van der Waals surface area contributed by atoms with Gasteiger partial charge < -0.3 is 0 Å². The normalized spacial score (nSPS) is 20.9. The van der Waals surface area contributed by atoms with E-state index in [-0.39, 0.29) is 17.9 Å². The number of halogens is 4. The van der Waals surface area contributed by atoms with Crippen LogP contribution in [0, 0.1) is 5.92 Å². The number of allylic oxidation sites excluding steroid dienone is 1. The van der Waals surface area contributed by atoms with Gasteiger partial charge in [0.2, 0.25) is 0 Å². The van der Waals surface area contributed by atoms with Crippen LogP contribution in [0.1, 0.15) is 46.8 Å². The van der Waals surface area contributed by atoms with Gasteiger partial charge in [-0.15, -0.1) is 0 Å². The highest BCUT2D eigenvalue weighted by atomic mass is 79.9. The van der Waals surface area contributed by atoms with Crippen LogP contribution >= 0.6 is 55.1 Å². The molecule has 1 fully saturated rings. The molecule has 1 saturated carbocycles. The molecule has 1 amide bonds. The fourth-order valence-corrected chi connectivity index (χ4v) is 5.73. The number of fused-ring (bicyclic) bond motifs is 1. The molecule has 34 heavy (non-hydrogen) atoms. The van der Waals surface area contributed by atoms with Crippen LogP contribution in [0.15, 0.2) is 86.3 Å². The van der Waals surface area contributed by atoms with Crippen molar-refractivity contribution < 1.29 is 4.79 Å². The quantitative estimate of drug-likeness (QED) is 0.288. The Hall–Kier alpha value is -1.92. The van der Waals surface area contributed by atoms with Gasteiger partial charge in [-0.05, 0) is 84.5 Å². The average Bonchev–Trinajstić information content (AvgIpc) is 3.21. The summed E-state index contributed by atoms with van der Waals surface area (Å²) in [6.07, 6.45) is 5.14. The first kappa shape index (κ1) is 23.8. The number of hydrogen-bond acceptors (Lipinski definition) is 2. The first-order chi connectivity index (χ1) is 16.4. The molecule has 7 heteroatoms. The SMILES string of the molecule is O=C(c1ccc(Cl)cc1Cl)N1N=C2C(=Cc3ccc(Br)cc3)CCCC2C1c1ccc(Br)cc1. The third-order valence-corrected chi connectivity index (χ3v) is 7.90. The van der Waals surface area contributed by atoms with Crippen molar-refractivity contribution in [3.8, 4) is 0 Å². The lowest BCUT2D eigenvalue weighted by molar-refractivity contribution is 0.0681. The van der Waals surface area contributed by atoms with Crippen LogP contribution in [0.4, 0.5) is 0 Å². The first-order valence-corrected chi connectivity index (χ1v) is 13.3. The number of nitrogens with zero attached hydrogens (tertiary/aromatic N) is 2. The predicted octanol–water partition coefficient (Wildman–Crippen LogP) is 8.96. The molecule has 0 N–H and O–H groups in total. The molecule has 1 heterocycles. The fourth-order valence-electron chi connectivity index (χ4n) is 4.71. The molecular formula is C27H20Br2Cl2N2O. The van der Waals surface area contributed by atoms with Crippen molar-refractivity contribution in [3.05, 3.63) is 108 Å². The molecule has 1 aliphatic carbocycles. The van der Waals surface area contributed by atoms with E-state index in [0.29, 0.717) is 15.6 Å². The van der Waals surface area contributed by atoms with E-state index in [0.717, 1.165) is 45.0 Å². The van der Waals surface area contributed by atoms with Gasteiger partial charge >= 0.3 is 0 Å². The lowest BCUT2D eigenvalue weighted by Crippen LogP contribution is -2.32. The van der Waals surface area contributed by atoms with E-state index in [4.69, 9.17) is 28.3 Å². The van der Waals surface area contributed by atoms with Crippen LogP contribution in [0.5, 0.6) is 0 Å². The number of benzene rings is 3. The summed E-state index contributed by atoms with van der Waals surface area (Å²) in [7, 11) is 0. The molecule has 0 radical (unpaired) electrons. The second-order valence-corrected chi connectivity index (χ2v) is 11.2. The number of carbonyl (C=O) groups excluding carboxylic acids is 1. The van der Waals surface area contributed by atoms with E-state index >= 15 is 0 Å². The fraction of sp³-hybridized carbons (Fsp3) is 0.185. The Kier molecular flexibility index (Phi) is 6.99. The molecule has 0 saturated heterocycles. The van der Waals surface area contributed by atoms with E-state index in [1.54, 1.807) is 23.2 Å². The van der Waals surface area contributed by atoms with Crippen molar-refractivity contribution in [2.24, 2.45) is 11.0 Å². The molecule has 2 atom stereocenters. The minimum Gasteiger partial charge on any atom is -0.267 e. The Labute approximate surface area is 225 Å². The van der Waals surface area contributed by atoms with Crippen LogP contribution in [-0.4, -0.2) is 16.6 Å². The summed E-state index contributed by atoms with van der Waals surface area (Å²) in [6.45, 7) is 0. The van der Waals surface area contributed by atoms with E-state index in [9.17, 15) is 4.79 Å². The summed E-state index contributed by atoms with van der Waals surface area (Å²) in [5.74, 6) is -0.105. The lowest BCUT2D eigenvalue weighted by atomic mass is 9.77. The second-order valence-electron chi connectivity index (χ2n) is 8.48. The zero-order valence-electron chi connectivity index (χ0n) is 18.0. The number of hydrazone groups is 1. The lowest BCUT2D eigenvalue weighted by Gasteiger charge is -2.30. The maximum atomic E-state index is 13.7. The van der Waals surface area contributed by atoms with Gasteiger partial charge in [0, 0.05) is 19.9 Å². The number of hydrogen-bond donors (Lipinski definition) is 0. The van der Waals surface area contributed by atoms with Crippen molar-refractivity contribution in [3.63, 3.8) is 0 Å². The zero-order valence-corrected chi connectivity index (χ0v) is 22.7. The van der Waals surface area contributed by atoms with Gasteiger partial charge in [-0.1, -0.05) is 79.3 Å². The number of carbonyl (C=O) groups is 1.